The number of halogens is 2. The summed E-state index contributed by atoms with van der Waals surface area (Å²) in [6, 6.07) is 0.831. The van der Waals surface area contributed by atoms with E-state index >= 15 is 0 Å². The van der Waals surface area contributed by atoms with Crippen LogP contribution in [-0.2, 0) is 9.84 Å². The molecule has 1 atom stereocenters. The van der Waals surface area contributed by atoms with Crippen LogP contribution in [0.3, 0.4) is 0 Å². The van der Waals surface area contributed by atoms with E-state index < -0.39 is 26.4 Å². The van der Waals surface area contributed by atoms with Gasteiger partial charge < -0.3 is 10.1 Å². The highest BCUT2D eigenvalue weighted by Crippen LogP contribution is 2.36. The lowest BCUT2D eigenvalue weighted by Gasteiger charge is -2.26. The number of benzene rings is 1. The molecule has 1 aromatic rings. The van der Waals surface area contributed by atoms with Gasteiger partial charge in [0, 0.05) is 17.9 Å². The Kier molecular flexibility index (Phi) is 4.29. The molecule has 0 amide bonds. The molecule has 1 N–H and O–H groups in total. The molecule has 0 bridgehead atoms. The van der Waals surface area contributed by atoms with Crippen molar-refractivity contribution in [2.75, 3.05) is 19.9 Å². The van der Waals surface area contributed by atoms with Crippen LogP contribution < -0.4 is 10.1 Å². The Labute approximate surface area is 117 Å². The molecule has 0 radical (unpaired) electrons. The maximum atomic E-state index is 14.3. The predicted molar refractivity (Wildman–Crippen MR) is 70.6 cm³/mol. The van der Waals surface area contributed by atoms with Crippen molar-refractivity contribution in [2.24, 2.45) is 0 Å². The second-order valence-electron chi connectivity index (χ2n) is 4.90. The van der Waals surface area contributed by atoms with Crippen LogP contribution in [-0.4, -0.2) is 28.3 Å². The third-order valence-electron chi connectivity index (χ3n) is 3.42. The Morgan fingerprint density at radius 1 is 1.35 bits per heavy atom. The van der Waals surface area contributed by atoms with E-state index in [1.54, 1.807) is 0 Å². The molecule has 1 aromatic carbocycles. The minimum atomic E-state index is -3.99. The molecular weight excluding hydrogens is 288 g/mol. The highest BCUT2D eigenvalue weighted by Gasteiger charge is 2.29. The average molecular weight is 305 g/mol. The van der Waals surface area contributed by atoms with Crippen LogP contribution >= 0.6 is 0 Å². The largest absolute Gasteiger partial charge is 0.493 e. The van der Waals surface area contributed by atoms with Gasteiger partial charge in [-0.05, 0) is 25.5 Å². The number of nitrogens with one attached hydrogen (secondary N) is 1. The van der Waals surface area contributed by atoms with Gasteiger partial charge in [0.1, 0.15) is 10.7 Å². The standard InChI is InChI=1S/C13H17F2NO3S/c1-19-12-8(10-5-3-4-6-16-10)7-9(14)13(11(12)15)20(2,17)18/h7,10,16H,3-6H2,1-2H3. The molecule has 4 nitrogen and oxygen atoms in total. The van der Waals surface area contributed by atoms with Gasteiger partial charge in [-0.3, -0.25) is 0 Å². The van der Waals surface area contributed by atoms with Crippen molar-refractivity contribution in [1.82, 2.24) is 5.32 Å². The van der Waals surface area contributed by atoms with E-state index in [2.05, 4.69) is 5.32 Å². The Morgan fingerprint density at radius 2 is 2.05 bits per heavy atom. The maximum Gasteiger partial charge on any atom is 0.186 e. The number of hydrogen-bond acceptors (Lipinski definition) is 4. The highest BCUT2D eigenvalue weighted by atomic mass is 32.2. The first-order chi connectivity index (χ1) is 9.36. The second-order valence-corrected chi connectivity index (χ2v) is 6.85. The van der Waals surface area contributed by atoms with Gasteiger partial charge in [0.2, 0.25) is 0 Å². The van der Waals surface area contributed by atoms with E-state index in [1.807, 2.05) is 0 Å². The quantitative estimate of drug-likeness (QED) is 0.930. The Hall–Kier alpha value is -1.21. The van der Waals surface area contributed by atoms with Crippen LogP contribution in [0, 0.1) is 11.6 Å². The van der Waals surface area contributed by atoms with Crippen LogP contribution in [0.5, 0.6) is 5.75 Å². The van der Waals surface area contributed by atoms with E-state index in [1.165, 1.54) is 7.11 Å². The number of hydrogen-bond donors (Lipinski definition) is 1. The molecule has 20 heavy (non-hydrogen) atoms. The van der Waals surface area contributed by atoms with Crippen molar-refractivity contribution in [3.05, 3.63) is 23.3 Å². The lowest BCUT2D eigenvalue weighted by atomic mass is 9.96. The summed E-state index contributed by atoms with van der Waals surface area (Å²) in [5.74, 6) is -2.43. The summed E-state index contributed by atoms with van der Waals surface area (Å²) >= 11 is 0. The van der Waals surface area contributed by atoms with E-state index in [4.69, 9.17) is 4.74 Å². The molecule has 7 heteroatoms. The molecule has 0 spiro atoms. The molecule has 1 unspecified atom stereocenters. The van der Waals surface area contributed by atoms with Crippen LogP contribution in [0.2, 0.25) is 0 Å². The van der Waals surface area contributed by atoms with Gasteiger partial charge in [0.25, 0.3) is 0 Å². The van der Waals surface area contributed by atoms with Crippen molar-refractivity contribution in [3.63, 3.8) is 0 Å². The van der Waals surface area contributed by atoms with Crippen molar-refractivity contribution in [3.8, 4) is 5.75 Å². The fraction of sp³-hybridized carbons (Fsp3) is 0.538. The summed E-state index contributed by atoms with van der Waals surface area (Å²) < 4.78 is 56.2. The average Bonchev–Trinajstić information content (AvgIpc) is 2.37. The Morgan fingerprint density at radius 3 is 2.55 bits per heavy atom. The summed E-state index contributed by atoms with van der Waals surface area (Å²) in [7, 11) is -2.75. The summed E-state index contributed by atoms with van der Waals surface area (Å²) in [6.07, 6.45) is 3.45. The second kappa shape index (κ2) is 5.65. The maximum absolute atomic E-state index is 14.3. The zero-order chi connectivity index (χ0) is 14.9. The third-order valence-corrected chi connectivity index (χ3v) is 4.54. The normalized spacial score (nSPS) is 19.9. The molecule has 1 heterocycles. The third kappa shape index (κ3) is 2.78. The van der Waals surface area contributed by atoms with Crippen molar-refractivity contribution >= 4 is 9.84 Å². The SMILES string of the molecule is COc1c(C2CCCCN2)cc(F)c(S(C)(=O)=O)c1F. The van der Waals surface area contributed by atoms with Gasteiger partial charge in [-0.1, -0.05) is 6.42 Å². The van der Waals surface area contributed by atoms with Crippen LogP contribution in [0.1, 0.15) is 30.9 Å². The van der Waals surface area contributed by atoms with Gasteiger partial charge in [0.05, 0.1) is 7.11 Å². The lowest BCUT2D eigenvalue weighted by Crippen LogP contribution is -2.27. The summed E-state index contributed by atoms with van der Waals surface area (Å²) in [6.45, 7) is 0.755. The van der Waals surface area contributed by atoms with Gasteiger partial charge >= 0.3 is 0 Å². The highest BCUT2D eigenvalue weighted by molar-refractivity contribution is 7.90. The molecule has 1 fully saturated rings. The van der Waals surface area contributed by atoms with E-state index in [0.29, 0.717) is 5.56 Å². The zero-order valence-corrected chi connectivity index (χ0v) is 12.2. The minimum absolute atomic E-state index is 0.203. The summed E-state index contributed by atoms with van der Waals surface area (Å²) in [5.41, 5.74) is 0.328. The van der Waals surface area contributed by atoms with Crippen LogP contribution in [0.15, 0.2) is 11.0 Å². The first kappa shape index (κ1) is 15.2. The molecule has 112 valence electrons. The van der Waals surface area contributed by atoms with Gasteiger partial charge in [0.15, 0.2) is 21.4 Å². The van der Waals surface area contributed by atoms with E-state index in [0.717, 1.165) is 38.1 Å². The fourth-order valence-corrected chi connectivity index (χ4v) is 3.36. The van der Waals surface area contributed by atoms with E-state index in [-0.39, 0.29) is 11.8 Å². The fourth-order valence-electron chi connectivity index (χ4n) is 2.53. The number of sulfone groups is 1. The monoisotopic (exact) mass is 305 g/mol. The summed E-state index contributed by atoms with van der Waals surface area (Å²) in [4.78, 5) is -0.936. The molecule has 0 aliphatic carbocycles. The molecule has 1 aliphatic heterocycles. The van der Waals surface area contributed by atoms with Crippen molar-refractivity contribution in [2.45, 2.75) is 30.2 Å². The first-order valence-electron chi connectivity index (χ1n) is 6.35. The Bertz CT molecular complexity index is 611. The molecular formula is C13H17F2NO3S. The number of methoxy groups -OCH3 is 1. The van der Waals surface area contributed by atoms with Crippen LogP contribution in [0.4, 0.5) is 8.78 Å². The minimum Gasteiger partial charge on any atom is -0.493 e. The molecule has 2 rings (SSSR count). The van der Waals surface area contributed by atoms with Crippen LogP contribution in [0.25, 0.3) is 0 Å². The first-order valence-corrected chi connectivity index (χ1v) is 8.24. The molecule has 1 aliphatic rings. The predicted octanol–water partition coefficient (Wildman–Crippen LogP) is 2.19. The zero-order valence-electron chi connectivity index (χ0n) is 11.4. The van der Waals surface area contributed by atoms with Gasteiger partial charge in [-0.25, -0.2) is 17.2 Å². The molecule has 0 saturated carbocycles. The van der Waals surface area contributed by atoms with E-state index in [9.17, 15) is 17.2 Å². The van der Waals surface area contributed by atoms with Crippen molar-refractivity contribution in [1.29, 1.82) is 0 Å². The van der Waals surface area contributed by atoms with Crippen molar-refractivity contribution < 1.29 is 21.9 Å². The topological polar surface area (TPSA) is 55.4 Å². The number of piperidine rings is 1. The molecule has 0 aromatic heterocycles. The number of ether oxygens (including phenoxy) is 1. The van der Waals surface area contributed by atoms with Gasteiger partial charge in [-0.15, -0.1) is 0 Å². The molecule has 1 saturated heterocycles. The lowest BCUT2D eigenvalue weighted by molar-refractivity contribution is 0.346. The smallest absolute Gasteiger partial charge is 0.186 e. The number of rotatable bonds is 3. The van der Waals surface area contributed by atoms with Gasteiger partial charge in [-0.2, -0.15) is 0 Å². The Balaban J connectivity index is 2.60. The summed E-state index contributed by atoms with van der Waals surface area (Å²) in [5, 5.41) is 3.16.